The molecule has 0 saturated carbocycles. The standard InChI is InChI=1S/C12H12ClNO3/c1-16-9-4-3-8-10(17-2)5-7(6-15)14-12(8)11(9)13/h3-5,15H,6H2,1-2H3. The van der Waals surface area contributed by atoms with Crippen LogP contribution in [0.4, 0.5) is 0 Å². The number of aliphatic hydroxyl groups is 1. The summed E-state index contributed by atoms with van der Waals surface area (Å²) in [6.07, 6.45) is 0. The third-order valence-electron chi connectivity index (χ3n) is 2.50. The maximum absolute atomic E-state index is 9.14. The van der Waals surface area contributed by atoms with Crippen molar-refractivity contribution in [2.45, 2.75) is 6.61 Å². The molecule has 2 aromatic rings. The van der Waals surface area contributed by atoms with Crippen molar-refractivity contribution in [1.82, 2.24) is 4.98 Å². The van der Waals surface area contributed by atoms with E-state index in [-0.39, 0.29) is 6.61 Å². The Morgan fingerprint density at radius 3 is 2.53 bits per heavy atom. The highest BCUT2D eigenvalue weighted by atomic mass is 35.5. The number of aromatic nitrogens is 1. The van der Waals surface area contributed by atoms with Crippen molar-refractivity contribution in [1.29, 1.82) is 0 Å². The van der Waals surface area contributed by atoms with Gasteiger partial charge in [-0.05, 0) is 12.1 Å². The summed E-state index contributed by atoms with van der Waals surface area (Å²) in [6.45, 7) is -0.167. The van der Waals surface area contributed by atoms with E-state index in [1.807, 2.05) is 6.07 Å². The molecule has 0 atom stereocenters. The zero-order valence-electron chi connectivity index (χ0n) is 9.53. The Hall–Kier alpha value is -1.52. The van der Waals surface area contributed by atoms with E-state index in [4.69, 9.17) is 26.2 Å². The molecule has 0 aliphatic carbocycles. The zero-order valence-corrected chi connectivity index (χ0v) is 10.3. The monoisotopic (exact) mass is 253 g/mol. The third-order valence-corrected chi connectivity index (χ3v) is 2.87. The number of benzene rings is 1. The Labute approximate surface area is 104 Å². The molecule has 0 bridgehead atoms. The molecule has 0 spiro atoms. The van der Waals surface area contributed by atoms with Gasteiger partial charge in [0.05, 0.1) is 32.0 Å². The number of pyridine rings is 1. The van der Waals surface area contributed by atoms with Gasteiger partial charge < -0.3 is 14.6 Å². The molecule has 1 aromatic heterocycles. The fourth-order valence-corrected chi connectivity index (χ4v) is 1.95. The highest BCUT2D eigenvalue weighted by molar-refractivity contribution is 6.36. The second kappa shape index (κ2) is 4.77. The molecule has 5 heteroatoms. The molecule has 0 aliphatic rings. The number of hydrogen-bond acceptors (Lipinski definition) is 4. The smallest absolute Gasteiger partial charge is 0.139 e. The predicted molar refractivity (Wildman–Crippen MR) is 65.8 cm³/mol. The fourth-order valence-electron chi connectivity index (χ4n) is 1.67. The van der Waals surface area contributed by atoms with Crippen molar-refractivity contribution in [3.8, 4) is 11.5 Å². The second-order valence-corrected chi connectivity index (χ2v) is 3.83. The molecule has 90 valence electrons. The lowest BCUT2D eigenvalue weighted by Crippen LogP contribution is -1.95. The van der Waals surface area contributed by atoms with Gasteiger partial charge in [0.2, 0.25) is 0 Å². The first-order valence-electron chi connectivity index (χ1n) is 5.02. The van der Waals surface area contributed by atoms with Gasteiger partial charge in [0.15, 0.2) is 0 Å². The molecule has 4 nitrogen and oxygen atoms in total. The Bertz CT molecular complexity index is 557. The molecule has 0 fully saturated rings. The maximum atomic E-state index is 9.14. The molecule has 1 N–H and O–H groups in total. The molecular weight excluding hydrogens is 242 g/mol. The molecule has 0 unspecified atom stereocenters. The number of halogens is 1. The van der Waals surface area contributed by atoms with Crippen LogP contribution in [0.15, 0.2) is 18.2 Å². The van der Waals surface area contributed by atoms with Gasteiger partial charge in [-0.15, -0.1) is 0 Å². The van der Waals surface area contributed by atoms with Gasteiger partial charge in [0.25, 0.3) is 0 Å². The van der Waals surface area contributed by atoms with Gasteiger partial charge in [-0.25, -0.2) is 4.98 Å². The number of ether oxygens (including phenoxy) is 2. The molecule has 1 heterocycles. The molecule has 17 heavy (non-hydrogen) atoms. The highest BCUT2D eigenvalue weighted by Crippen LogP contribution is 2.35. The minimum atomic E-state index is -0.167. The van der Waals surface area contributed by atoms with Crippen LogP contribution >= 0.6 is 11.6 Å². The minimum Gasteiger partial charge on any atom is -0.496 e. The Kier molecular flexibility index (Phi) is 3.36. The van der Waals surface area contributed by atoms with Crippen LogP contribution < -0.4 is 9.47 Å². The maximum Gasteiger partial charge on any atom is 0.139 e. The summed E-state index contributed by atoms with van der Waals surface area (Å²) < 4.78 is 10.4. The number of aliphatic hydroxyl groups excluding tert-OH is 1. The Morgan fingerprint density at radius 1 is 1.24 bits per heavy atom. The first-order chi connectivity index (χ1) is 8.21. The van der Waals surface area contributed by atoms with E-state index < -0.39 is 0 Å². The van der Waals surface area contributed by atoms with Crippen molar-refractivity contribution < 1.29 is 14.6 Å². The van der Waals surface area contributed by atoms with Crippen molar-refractivity contribution in [2.75, 3.05) is 14.2 Å². The van der Waals surface area contributed by atoms with E-state index in [9.17, 15) is 0 Å². The van der Waals surface area contributed by atoms with Crippen LogP contribution in [0.1, 0.15) is 5.69 Å². The zero-order chi connectivity index (χ0) is 12.4. The van der Waals surface area contributed by atoms with Crippen molar-refractivity contribution in [3.63, 3.8) is 0 Å². The molecular formula is C12H12ClNO3. The summed E-state index contributed by atoms with van der Waals surface area (Å²) in [6, 6.07) is 5.27. The van der Waals surface area contributed by atoms with Gasteiger partial charge >= 0.3 is 0 Å². The number of methoxy groups -OCH3 is 2. The molecule has 0 radical (unpaired) electrons. The number of hydrogen-bond donors (Lipinski definition) is 1. The van der Waals surface area contributed by atoms with Crippen LogP contribution in [0.3, 0.4) is 0 Å². The number of nitrogens with zero attached hydrogens (tertiary/aromatic N) is 1. The quantitative estimate of drug-likeness (QED) is 0.913. The summed E-state index contributed by atoms with van der Waals surface area (Å²) in [7, 11) is 3.11. The van der Waals surface area contributed by atoms with Crippen molar-refractivity contribution in [3.05, 3.63) is 28.9 Å². The van der Waals surface area contributed by atoms with Crippen LogP contribution in [0.25, 0.3) is 10.9 Å². The first-order valence-corrected chi connectivity index (χ1v) is 5.40. The first kappa shape index (κ1) is 12.0. The highest BCUT2D eigenvalue weighted by Gasteiger charge is 2.12. The predicted octanol–water partition coefficient (Wildman–Crippen LogP) is 2.40. The molecule has 0 saturated heterocycles. The average molecular weight is 254 g/mol. The van der Waals surface area contributed by atoms with Gasteiger partial charge in [-0.3, -0.25) is 0 Å². The summed E-state index contributed by atoms with van der Waals surface area (Å²) >= 11 is 6.17. The van der Waals surface area contributed by atoms with E-state index in [2.05, 4.69) is 4.98 Å². The van der Waals surface area contributed by atoms with Crippen LogP contribution in [-0.2, 0) is 6.61 Å². The van der Waals surface area contributed by atoms with Gasteiger partial charge in [-0.1, -0.05) is 11.6 Å². The fraction of sp³-hybridized carbons (Fsp3) is 0.250. The van der Waals surface area contributed by atoms with E-state index in [0.29, 0.717) is 27.7 Å². The largest absolute Gasteiger partial charge is 0.496 e. The third kappa shape index (κ3) is 2.01. The molecule has 1 aromatic carbocycles. The summed E-state index contributed by atoms with van der Waals surface area (Å²) in [4.78, 5) is 4.27. The van der Waals surface area contributed by atoms with Crippen LogP contribution in [-0.4, -0.2) is 24.3 Å². The number of rotatable bonds is 3. The van der Waals surface area contributed by atoms with Crippen molar-refractivity contribution >= 4 is 22.5 Å². The summed E-state index contributed by atoms with van der Waals surface area (Å²) in [5, 5.41) is 10.3. The van der Waals surface area contributed by atoms with Gasteiger partial charge in [-0.2, -0.15) is 0 Å². The van der Waals surface area contributed by atoms with E-state index in [1.165, 1.54) is 0 Å². The van der Waals surface area contributed by atoms with E-state index in [1.54, 1.807) is 26.4 Å². The normalized spacial score (nSPS) is 10.6. The average Bonchev–Trinajstić information content (AvgIpc) is 2.38. The van der Waals surface area contributed by atoms with Gasteiger partial charge in [0, 0.05) is 11.5 Å². The topological polar surface area (TPSA) is 51.6 Å². The lowest BCUT2D eigenvalue weighted by Gasteiger charge is -2.10. The van der Waals surface area contributed by atoms with E-state index in [0.717, 1.165) is 5.39 Å². The Morgan fingerprint density at radius 2 is 1.94 bits per heavy atom. The van der Waals surface area contributed by atoms with Gasteiger partial charge in [0.1, 0.15) is 16.5 Å². The SMILES string of the molecule is COc1ccc2c(OC)cc(CO)nc2c1Cl. The lowest BCUT2D eigenvalue weighted by molar-refractivity contribution is 0.276. The molecule has 2 rings (SSSR count). The summed E-state index contributed by atoms with van der Waals surface area (Å²) in [5.41, 5.74) is 1.07. The van der Waals surface area contributed by atoms with Crippen LogP contribution in [0.2, 0.25) is 5.02 Å². The Balaban J connectivity index is 2.80. The number of fused-ring (bicyclic) bond motifs is 1. The lowest BCUT2D eigenvalue weighted by atomic mass is 10.1. The minimum absolute atomic E-state index is 0.167. The summed E-state index contributed by atoms with van der Waals surface area (Å²) in [5.74, 6) is 1.17. The second-order valence-electron chi connectivity index (χ2n) is 3.45. The van der Waals surface area contributed by atoms with Crippen LogP contribution in [0, 0.1) is 0 Å². The van der Waals surface area contributed by atoms with E-state index >= 15 is 0 Å². The van der Waals surface area contributed by atoms with Crippen molar-refractivity contribution in [2.24, 2.45) is 0 Å². The molecule has 0 aliphatic heterocycles. The molecule has 0 amide bonds. The van der Waals surface area contributed by atoms with Crippen LogP contribution in [0.5, 0.6) is 11.5 Å².